The van der Waals surface area contributed by atoms with E-state index in [-0.39, 0.29) is 5.56 Å². The number of aryl methyl sites for hydroxylation is 1. The summed E-state index contributed by atoms with van der Waals surface area (Å²) in [6.45, 7) is 2.04. The van der Waals surface area contributed by atoms with Crippen LogP contribution < -0.4 is 11.2 Å². The second-order valence-corrected chi connectivity index (χ2v) is 7.79. The number of nitrogens with zero attached hydrogens (tertiary/aromatic N) is 1. The van der Waals surface area contributed by atoms with Crippen LogP contribution in [0.1, 0.15) is 5.56 Å². The highest BCUT2D eigenvalue weighted by Gasteiger charge is 2.15. The summed E-state index contributed by atoms with van der Waals surface area (Å²) in [6, 6.07) is 23.3. The van der Waals surface area contributed by atoms with Crippen molar-refractivity contribution >= 4 is 32.3 Å². The Morgan fingerprint density at radius 1 is 0.893 bits per heavy atom. The Kier molecular flexibility index (Phi) is 3.77. The van der Waals surface area contributed by atoms with E-state index in [2.05, 4.69) is 4.98 Å². The zero-order valence-electron chi connectivity index (χ0n) is 15.1. The van der Waals surface area contributed by atoms with Gasteiger partial charge in [0.15, 0.2) is 0 Å². The second-order valence-electron chi connectivity index (χ2n) is 6.74. The number of hydrogen-bond acceptors (Lipinski definition) is 3. The molecule has 28 heavy (non-hydrogen) atoms. The first kappa shape index (κ1) is 16.7. The smallest absolute Gasteiger partial charge is 0.306 e. The van der Waals surface area contributed by atoms with Crippen LogP contribution in [0.2, 0.25) is 0 Å². The van der Waals surface area contributed by atoms with Crippen LogP contribution in [0.25, 0.3) is 37.1 Å². The topological polar surface area (TPSA) is 54.9 Å². The Balaban J connectivity index is 1.81. The van der Waals surface area contributed by atoms with Gasteiger partial charge in [0.25, 0.3) is 5.56 Å². The lowest BCUT2D eigenvalue weighted by Gasteiger charge is -2.08. The summed E-state index contributed by atoms with van der Waals surface area (Å²) in [6.07, 6.45) is 0. The first-order chi connectivity index (χ1) is 13.6. The van der Waals surface area contributed by atoms with Gasteiger partial charge < -0.3 is 4.98 Å². The van der Waals surface area contributed by atoms with Gasteiger partial charge in [-0.2, -0.15) is 0 Å². The minimum atomic E-state index is -0.428. The van der Waals surface area contributed by atoms with Crippen LogP contribution in [-0.2, 0) is 0 Å². The lowest BCUT2D eigenvalue weighted by atomic mass is 10.1. The summed E-state index contributed by atoms with van der Waals surface area (Å²) in [7, 11) is 0. The molecule has 0 radical (unpaired) electrons. The van der Waals surface area contributed by atoms with Crippen LogP contribution in [-0.4, -0.2) is 9.55 Å². The number of aromatic nitrogens is 2. The predicted molar refractivity (Wildman–Crippen MR) is 116 cm³/mol. The van der Waals surface area contributed by atoms with E-state index in [9.17, 15) is 9.59 Å². The third-order valence-electron chi connectivity index (χ3n) is 4.99. The highest BCUT2D eigenvalue weighted by molar-refractivity contribution is 7.22. The lowest BCUT2D eigenvalue weighted by Crippen LogP contribution is -2.33. The maximum absolute atomic E-state index is 13.3. The Hall–Kier alpha value is -3.44. The van der Waals surface area contributed by atoms with Gasteiger partial charge in [-0.15, -0.1) is 11.3 Å². The van der Waals surface area contributed by atoms with E-state index in [0.717, 1.165) is 26.8 Å². The Morgan fingerprint density at radius 2 is 1.64 bits per heavy atom. The minimum absolute atomic E-state index is 0.292. The first-order valence-electron chi connectivity index (χ1n) is 8.96. The normalized spacial score (nSPS) is 11.3. The van der Waals surface area contributed by atoms with E-state index in [0.29, 0.717) is 15.9 Å². The molecule has 0 saturated carbocycles. The molecule has 0 unspecified atom stereocenters. The largest absolute Gasteiger partial charge is 0.333 e. The molecule has 5 rings (SSSR count). The Morgan fingerprint density at radius 3 is 2.50 bits per heavy atom. The average Bonchev–Trinajstić information content (AvgIpc) is 3.12. The highest BCUT2D eigenvalue weighted by atomic mass is 32.1. The van der Waals surface area contributed by atoms with Crippen LogP contribution in [0.3, 0.4) is 0 Å². The fourth-order valence-corrected chi connectivity index (χ4v) is 4.75. The van der Waals surface area contributed by atoms with Gasteiger partial charge in [-0.05, 0) is 35.6 Å². The summed E-state index contributed by atoms with van der Waals surface area (Å²) in [4.78, 5) is 30.0. The number of rotatable bonds is 2. The number of nitrogens with one attached hydrogen (secondary N) is 1. The third kappa shape index (κ3) is 2.52. The average molecular weight is 384 g/mol. The van der Waals surface area contributed by atoms with Crippen LogP contribution in [0.5, 0.6) is 0 Å². The van der Waals surface area contributed by atoms with Crippen molar-refractivity contribution < 1.29 is 0 Å². The van der Waals surface area contributed by atoms with Gasteiger partial charge in [0.1, 0.15) is 4.70 Å². The van der Waals surface area contributed by atoms with E-state index in [4.69, 9.17) is 0 Å². The molecule has 0 bridgehead atoms. The Labute approximate surface area is 164 Å². The molecule has 2 aromatic heterocycles. The van der Waals surface area contributed by atoms with Gasteiger partial charge in [-0.25, -0.2) is 9.36 Å². The molecule has 0 fully saturated rings. The van der Waals surface area contributed by atoms with Crippen molar-refractivity contribution in [3.05, 3.63) is 99.2 Å². The van der Waals surface area contributed by atoms with Crippen molar-refractivity contribution in [2.45, 2.75) is 6.92 Å². The van der Waals surface area contributed by atoms with Crippen LogP contribution in [0.15, 0.2) is 82.4 Å². The van der Waals surface area contributed by atoms with E-state index in [1.165, 1.54) is 15.9 Å². The SMILES string of the molecule is Cc1ccccc1-c1cc2[nH]c(=O)n(-c3cccc4ccccc34)c(=O)c2s1. The quantitative estimate of drug-likeness (QED) is 0.472. The summed E-state index contributed by atoms with van der Waals surface area (Å²) in [5.74, 6) is 0. The zero-order chi connectivity index (χ0) is 19.3. The number of benzene rings is 3. The molecule has 3 aromatic carbocycles. The lowest BCUT2D eigenvalue weighted by molar-refractivity contribution is 0.911. The van der Waals surface area contributed by atoms with Crippen LogP contribution in [0, 0.1) is 6.92 Å². The van der Waals surface area contributed by atoms with Gasteiger partial charge in [0, 0.05) is 10.3 Å². The summed E-state index contributed by atoms with van der Waals surface area (Å²) in [5, 5.41) is 1.85. The van der Waals surface area contributed by atoms with E-state index in [1.54, 1.807) is 6.07 Å². The minimum Gasteiger partial charge on any atom is -0.306 e. The van der Waals surface area contributed by atoms with Crippen molar-refractivity contribution in [1.82, 2.24) is 9.55 Å². The summed E-state index contributed by atoms with van der Waals surface area (Å²) >= 11 is 1.41. The molecular formula is C23H16N2O2S. The van der Waals surface area contributed by atoms with Crippen molar-refractivity contribution in [2.24, 2.45) is 0 Å². The molecule has 0 aliphatic rings. The molecule has 2 heterocycles. The number of aromatic amines is 1. The molecule has 0 saturated heterocycles. The van der Waals surface area contributed by atoms with E-state index < -0.39 is 5.69 Å². The highest BCUT2D eigenvalue weighted by Crippen LogP contribution is 2.32. The fraction of sp³-hybridized carbons (Fsp3) is 0.0435. The van der Waals surface area contributed by atoms with Crippen molar-refractivity contribution in [1.29, 1.82) is 0 Å². The number of fused-ring (bicyclic) bond motifs is 2. The van der Waals surface area contributed by atoms with Gasteiger partial charge in [0.05, 0.1) is 11.2 Å². The molecule has 0 amide bonds. The number of hydrogen-bond donors (Lipinski definition) is 1. The van der Waals surface area contributed by atoms with Crippen molar-refractivity contribution in [2.75, 3.05) is 0 Å². The Bertz CT molecular complexity index is 1470. The standard InChI is InChI=1S/C23H16N2O2S/c1-14-7-2-4-10-16(14)20-13-18-21(28-20)22(26)25(23(27)24-18)19-12-6-9-15-8-3-5-11-17(15)19/h2-13H,1H3,(H,24,27). The predicted octanol–water partition coefficient (Wildman–Crippen LogP) is 4.87. The molecule has 0 spiro atoms. The zero-order valence-corrected chi connectivity index (χ0v) is 15.9. The van der Waals surface area contributed by atoms with Gasteiger partial charge in [-0.3, -0.25) is 4.79 Å². The fourth-order valence-electron chi connectivity index (χ4n) is 3.61. The molecule has 4 nitrogen and oxygen atoms in total. The van der Waals surface area contributed by atoms with Crippen molar-refractivity contribution in [3.63, 3.8) is 0 Å². The molecule has 0 atom stereocenters. The van der Waals surface area contributed by atoms with Gasteiger partial charge in [0.2, 0.25) is 0 Å². The monoisotopic (exact) mass is 384 g/mol. The van der Waals surface area contributed by atoms with Crippen LogP contribution in [0.4, 0.5) is 0 Å². The molecule has 5 heteroatoms. The maximum Gasteiger partial charge on any atom is 0.333 e. The summed E-state index contributed by atoms with van der Waals surface area (Å²) < 4.78 is 1.79. The molecule has 136 valence electrons. The maximum atomic E-state index is 13.3. The van der Waals surface area contributed by atoms with E-state index >= 15 is 0 Å². The van der Waals surface area contributed by atoms with E-state index in [1.807, 2.05) is 73.7 Å². The molecule has 1 N–H and O–H groups in total. The molecule has 0 aliphatic heterocycles. The molecule has 0 aliphatic carbocycles. The molecular weight excluding hydrogens is 368 g/mol. The third-order valence-corrected chi connectivity index (χ3v) is 6.15. The second kappa shape index (κ2) is 6.32. The molecule has 5 aromatic rings. The van der Waals surface area contributed by atoms with Gasteiger partial charge >= 0.3 is 5.69 Å². The van der Waals surface area contributed by atoms with Gasteiger partial charge in [-0.1, -0.05) is 60.7 Å². The summed E-state index contributed by atoms with van der Waals surface area (Å²) in [5.41, 5.74) is 2.65. The number of H-pyrrole nitrogens is 1. The van der Waals surface area contributed by atoms with Crippen molar-refractivity contribution in [3.8, 4) is 16.1 Å². The number of thiophene rings is 1. The first-order valence-corrected chi connectivity index (χ1v) is 9.78. The van der Waals surface area contributed by atoms with Crippen LogP contribution >= 0.6 is 11.3 Å².